The van der Waals surface area contributed by atoms with Crippen LogP contribution >= 0.6 is 0 Å². The topological polar surface area (TPSA) is 112 Å². The minimum Gasteiger partial charge on any atom is -0.459 e. The van der Waals surface area contributed by atoms with Crippen LogP contribution in [0.1, 0.15) is 82.6 Å². The zero-order valence-electron chi connectivity index (χ0n) is 29.4. The number of esters is 4. The molecule has 0 bridgehead atoms. The van der Waals surface area contributed by atoms with E-state index in [1.807, 2.05) is 0 Å². The maximum absolute atomic E-state index is 15.6. The van der Waals surface area contributed by atoms with Gasteiger partial charge in [-0.2, -0.15) is 4.39 Å². The number of alkyl halides is 1. The van der Waals surface area contributed by atoms with Gasteiger partial charge in [-0.05, 0) is 82.2 Å². The molecule has 47 heavy (non-hydrogen) atoms. The van der Waals surface area contributed by atoms with Gasteiger partial charge in [0.25, 0.3) is 0 Å². The number of hydrogen-bond donors (Lipinski definition) is 0. The Morgan fingerprint density at radius 1 is 0.830 bits per heavy atom. The molecule has 0 aromatic heterocycles. The number of hydrogen-bond acceptors (Lipinski definition) is 10. The van der Waals surface area contributed by atoms with Crippen LogP contribution in [0.4, 0.5) is 17.6 Å². The molecule has 0 N–H and O–H groups in total. The number of ether oxygens (including phenoxy) is 4. The Hall–Kier alpha value is -3.26. The lowest BCUT2D eigenvalue weighted by atomic mass is 9.79. The highest BCUT2D eigenvalue weighted by atomic mass is 19.2. The second-order valence-corrected chi connectivity index (χ2v) is 14.5. The summed E-state index contributed by atoms with van der Waals surface area (Å²) in [4.78, 5) is 55.1. The van der Waals surface area contributed by atoms with Crippen molar-refractivity contribution in [2.24, 2.45) is 5.41 Å². The standard InChI is InChI=1S/C33H50F4N2O8/c1-13-15-38(17-21(40)45-30(3,4)5)16-20(29(43)44-26-24(34)25(35)27(36)33(12,14-2)28(26)37)39(18-22(41)46-31(6,7)8)19-23(42)47-32(9,10)11/h14,20,28H,2,13,15-19H2,1,3-12H3. The average molecular weight is 679 g/mol. The van der Waals surface area contributed by atoms with E-state index >= 15 is 4.39 Å². The molecule has 1 aliphatic rings. The van der Waals surface area contributed by atoms with Crippen LogP contribution in [0.25, 0.3) is 0 Å². The Morgan fingerprint density at radius 2 is 1.26 bits per heavy atom. The quantitative estimate of drug-likeness (QED) is 0.0966. The van der Waals surface area contributed by atoms with E-state index in [0.717, 1.165) is 11.8 Å². The van der Waals surface area contributed by atoms with E-state index < -0.39 is 101 Å². The fourth-order valence-electron chi connectivity index (χ4n) is 4.45. The van der Waals surface area contributed by atoms with E-state index in [-0.39, 0.29) is 13.1 Å². The first-order valence-electron chi connectivity index (χ1n) is 15.3. The Labute approximate surface area is 275 Å². The monoisotopic (exact) mass is 678 g/mol. The molecule has 0 fully saturated rings. The lowest BCUT2D eigenvalue weighted by Gasteiger charge is -2.36. The number of rotatable bonds is 14. The first kappa shape index (κ1) is 41.8. The lowest BCUT2D eigenvalue weighted by Crippen LogP contribution is -2.54. The number of carbonyl (C=O) groups is 4. The molecule has 0 aromatic carbocycles. The van der Waals surface area contributed by atoms with Crippen molar-refractivity contribution >= 4 is 23.9 Å². The van der Waals surface area contributed by atoms with Gasteiger partial charge in [0.15, 0.2) is 23.6 Å². The molecule has 1 aliphatic carbocycles. The van der Waals surface area contributed by atoms with Gasteiger partial charge >= 0.3 is 23.9 Å². The largest absolute Gasteiger partial charge is 0.459 e. The van der Waals surface area contributed by atoms with Crippen LogP contribution in [-0.2, 0) is 38.1 Å². The van der Waals surface area contributed by atoms with E-state index in [2.05, 4.69) is 6.58 Å². The van der Waals surface area contributed by atoms with Crippen molar-refractivity contribution in [2.45, 2.75) is 112 Å². The summed E-state index contributed by atoms with van der Waals surface area (Å²) < 4.78 is 81.1. The maximum atomic E-state index is 15.6. The Bertz CT molecular complexity index is 1220. The third-order valence-electron chi connectivity index (χ3n) is 6.43. The van der Waals surface area contributed by atoms with E-state index in [4.69, 9.17) is 18.9 Å². The SMILES string of the molecule is C=CC1(C)C(F)=C(F)C(F)=C(OC(=O)C(CN(CCC)CC(=O)OC(C)(C)C)N(CC(=O)OC(C)(C)C)CC(=O)OC(C)(C)C)C1F. The third kappa shape index (κ3) is 13.0. The van der Waals surface area contributed by atoms with Crippen molar-refractivity contribution in [1.82, 2.24) is 9.80 Å². The van der Waals surface area contributed by atoms with Crippen molar-refractivity contribution in [3.05, 3.63) is 35.9 Å². The average Bonchev–Trinajstić information content (AvgIpc) is 2.88. The van der Waals surface area contributed by atoms with Crippen LogP contribution in [0.15, 0.2) is 35.9 Å². The van der Waals surface area contributed by atoms with Gasteiger partial charge in [0.2, 0.25) is 5.83 Å². The van der Waals surface area contributed by atoms with Crippen molar-refractivity contribution < 1.29 is 55.7 Å². The number of nitrogens with zero attached hydrogens (tertiary/aromatic N) is 2. The summed E-state index contributed by atoms with van der Waals surface area (Å²) in [6.45, 7) is 18.5. The summed E-state index contributed by atoms with van der Waals surface area (Å²) in [7, 11) is 0. The van der Waals surface area contributed by atoms with E-state index in [1.165, 1.54) is 4.90 Å². The van der Waals surface area contributed by atoms with Gasteiger partial charge in [-0.25, -0.2) is 18.0 Å². The van der Waals surface area contributed by atoms with Crippen LogP contribution < -0.4 is 0 Å². The molecule has 14 heteroatoms. The molecule has 0 spiro atoms. The predicted molar refractivity (Wildman–Crippen MR) is 166 cm³/mol. The highest BCUT2D eigenvalue weighted by molar-refractivity contribution is 5.81. The third-order valence-corrected chi connectivity index (χ3v) is 6.43. The minimum atomic E-state index is -2.72. The molecule has 0 aliphatic heterocycles. The van der Waals surface area contributed by atoms with Crippen molar-refractivity contribution in [1.29, 1.82) is 0 Å². The maximum Gasteiger partial charge on any atom is 0.330 e. The molecular formula is C33H50F4N2O8. The fraction of sp³-hybridized carbons (Fsp3) is 0.697. The zero-order chi connectivity index (χ0) is 36.7. The number of halogens is 4. The second kappa shape index (κ2) is 16.2. The summed E-state index contributed by atoms with van der Waals surface area (Å²) in [5.41, 5.74) is -5.21. The Morgan fingerprint density at radius 3 is 1.64 bits per heavy atom. The van der Waals surface area contributed by atoms with E-state index in [1.54, 1.807) is 69.2 Å². The van der Waals surface area contributed by atoms with Crippen LogP contribution in [0.3, 0.4) is 0 Å². The molecule has 0 radical (unpaired) electrons. The molecule has 0 heterocycles. The highest BCUT2D eigenvalue weighted by Gasteiger charge is 2.50. The Balaban J connectivity index is 3.75. The second-order valence-electron chi connectivity index (χ2n) is 14.5. The molecule has 0 saturated heterocycles. The first-order chi connectivity index (χ1) is 21.2. The molecule has 10 nitrogen and oxygen atoms in total. The summed E-state index contributed by atoms with van der Waals surface area (Å²) in [6.07, 6.45) is -1.55. The van der Waals surface area contributed by atoms with Crippen LogP contribution in [0.2, 0.25) is 0 Å². The van der Waals surface area contributed by atoms with Crippen molar-refractivity contribution in [2.75, 3.05) is 32.7 Å². The van der Waals surface area contributed by atoms with Gasteiger partial charge in [0.05, 0.1) is 25.0 Å². The molecule has 268 valence electrons. The van der Waals surface area contributed by atoms with Gasteiger partial charge in [-0.1, -0.05) is 13.0 Å². The molecule has 3 atom stereocenters. The van der Waals surface area contributed by atoms with E-state index in [0.29, 0.717) is 12.5 Å². The molecule has 0 aromatic rings. The molecular weight excluding hydrogens is 628 g/mol. The highest BCUT2D eigenvalue weighted by Crippen LogP contribution is 2.48. The van der Waals surface area contributed by atoms with Crippen LogP contribution in [0.5, 0.6) is 0 Å². The van der Waals surface area contributed by atoms with Crippen LogP contribution in [0, 0.1) is 5.41 Å². The zero-order valence-corrected chi connectivity index (χ0v) is 29.4. The lowest BCUT2D eigenvalue weighted by molar-refractivity contribution is -0.165. The predicted octanol–water partition coefficient (Wildman–Crippen LogP) is 5.81. The van der Waals surface area contributed by atoms with Crippen LogP contribution in [-0.4, -0.2) is 95.4 Å². The normalized spacial score (nSPS) is 19.9. The molecule has 0 amide bonds. The van der Waals surface area contributed by atoms with E-state index in [9.17, 15) is 32.3 Å². The summed E-state index contributed by atoms with van der Waals surface area (Å²) in [6, 6.07) is -1.70. The van der Waals surface area contributed by atoms with Gasteiger partial charge in [0.1, 0.15) is 22.8 Å². The molecule has 0 saturated carbocycles. The summed E-state index contributed by atoms with van der Waals surface area (Å²) >= 11 is 0. The molecule has 3 unspecified atom stereocenters. The van der Waals surface area contributed by atoms with Crippen molar-refractivity contribution in [3.63, 3.8) is 0 Å². The van der Waals surface area contributed by atoms with Crippen molar-refractivity contribution in [3.8, 4) is 0 Å². The number of carbonyl (C=O) groups excluding carboxylic acids is 4. The summed E-state index contributed by atoms with van der Waals surface area (Å²) in [5, 5.41) is 0. The van der Waals surface area contributed by atoms with Gasteiger partial charge in [-0.3, -0.25) is 24.2 Å². The van der Waals surface area contributed by atoms with Gasteiger partial charge < -0.3 is 18.9 Å². The van der Waals surface area contributed by atoms with Gasteiger partial charge in [-0.15, -0.1) is 6.58 Å². The smallest absolute Gasteiger partial charge is 0.330 e. The molecule has 1 rings (SSSR count). The summed E-state index contributed by atoms with van der Waals surface area (Å²) in [5.74, 6) is -11.2. The first-order valence-corrected chi connectivity index (χ1v) is 15.3. The van der Waals surface area contributed by atoms with Gasteiger partial charge in [0, 0.05) is 6.54 Å². The number of allylic oxidation sites excluding steroid dienone is 5. The Kier molecular flexibility index (Phi) is 14.4. The fourth-order valence-corrected chi connectivity index (χ4v) is 4.45. The minimum absolute atomic E-state index is 0.190.